The van der Waals surface area contributed by atoms with Crippen LogP contribution in [0.4, 0.5) is 5.82 Å². The van der Waals surface area contributed by atoms with Crippen LogP contribution in [0.15, 0.2) is 24.4 Å². The molecule has 6 heteroatoms. The van der Waals surface area contributed by atoms with Crippen LogP contribution in [0, 0.1) is 0 Å². The van der Waals surface area contributed by atoms with Gasteiger partial charge >= 0.3 is 0 Å². The standard InChI is InChI=1S/C14H16IN3O2/c1-20-9-4-5-10-11(7-9)16-8-13(17-10)18-12-3-2-6-14(12,15)19/h4-5,7-8,12,19H,2-3,6H2,1H3,(H,17,18). The number of alkyl halides is 1. The van der Waals surface area contributed by atoms with Gasteiger partial charge in [-0.2, -0.15) is 0 Å². The van der Waals surface area contributed by atoms with E-state index in [4.69, 9.17) is 4.74 Å². The van der Waals surface area contributed by atoms with Crippen LogP contribution in [-0.2, 0) is 0 Å². The maximum Gasteiger partial charge on any atom is 0.145 e. The Hall–Kier alpha value is -1.15. The highest BCUT2D eigenvalue weighted by atomic mass is 127. The summed E-state index contributed by atoms with van der Waals surface area (Å²) in [4.78, 5) is 8.93. The van der Waals surface area contributed by atoms with E-state index < -0.39 is 3.61 Å². The Morgan fingerprint density at radius 3 is 3.00 bits per heavy atom. The zero-order chi connectivity index (χ0) is 14.2. The first-order chi connectivity index (χ1) is 9.58. The van der Waals surface area contributed by atoms with Gasteiger partial charge in [-0.25, -0.2) is 4.98 Å². The fourth-order valence-corrected chi connectivity index (χ4v) is 3.35. The molecule has 20 heavy (non-hydrogen) atoms. The molecular formula is C14H16IN3O2. The van der Waals surface area contributed by atoms with Gasteiger partial charge in [0.15, 0.2) is 0 Å². The molecule has 106 valence electrons. The van der Waals surface area contributed by atoms with Crippen LogP contribution < -0.4 is 10.1 Å². The molecule has 0 aliphatic heterocycles. The Bertz CT molecular complexity index is 633. The molecule has 0 bridgehead atoms. The fraction of sp³-hybridized carbons (Fsp3) is 0.429. The van der Waals surface area contributed by atoms with Gasteiger partial charge in [0.1, 0.15) is 15.2 Å². The van der Waals surface area contributed by atoms with E-state index in [0.29, 0.717) is 5.82 Å². The fourth-order valence-electron chi connectivity index (χ4n) is 2.50. The number of hydrogen-bond acceptors (Lipinski definition) is 5. The lowest BCUT2D eigenvalue weighted by Gasteiger charge is -2.24. The number of benzene rings is 1. The smallest absolute Gasteiger partial charge is 0.145 e. The second-order valence-electron chi connectivity index (χ2n) is 5.02. The molecule has 5 nitrogen and oxygen atoms in total. The number of ether oxygens (including phenoxy) is 1. The van der Waals surface area contributed by atoms with E-state index in [9.17, 15) is 5.11 Å². The van der Waals surface area contributed by atoms with Gasteiger partial charge in [-0.3, -0.25) is 4.98 Å². The SMILES string of the molecule is COc1ccc2nc(NC3CCCC3(O)I)cnc2c1. The van der Waals surface area contributed by atoms with Crippen molar-refractivity contribution < 1.29 is 9.84 Å². The van der Waals surface area contributed by atoms with Crippen LogP contribution in [0.5, 0.6) is 5.75 Å². The summed E-state index contributed by atoms with van der Waals surface area (Å²) in [6, 6.07) is 5.63. The van der Waals surface area contributed by atoms with E-state index >= 15 is 0 Å². The lowest BCUT2D eigenvalue weighted by molar-refractivity contribution is 0.153. The van der Waals surface area contributed by atoms with Crippen LogP contribution in [0.2, 0.25) is 0 Å². The summed E-state index contributed by atoms with van der Waals surface area (Å²) in [6.45, 7) is 0. The third-order valence-electron chi connectivity index (χ3n) is 3.63. The predicted octanol–water partition coefficient (Wildman–Crippen LogP) is 2.73. The average molecular weight is 385 g/mol. The number of aliphatic hydroxyl groups is 1. The van der Waals surface area contributed by atoms with Crippen molar-refractivity contribution in [3.63, 3.8) is 0 Å². The first kappa shape index (κ1) is 13.8. The quantitative estimate of drug-likeness (QED) is 0.628. The number of nitrogens with one attached hydrogen (secondary N) is 1. The summed E-state index contributed by atoms with van der Waals surface area (Å²) in [6.07, 6.45) is 4.48. The van der Waals surface area contributed by atoms with Gasteiger partial charge < -0.3 is 15.2 Å². The van der Waals surface area contributed by atoms with Gasteiger partial charge in [0.25, 0.3) is 0 Å². The first-order valence-corrected chi connectivity index (χ1v) is 7.65. The molecule has 2 unspecified atom stereocenters. The summed E-state index contributed by atoms with van der Waals surface area (Å²) in [5.74, 6) is 1.47. The molecule has 2 aromatic rings. The van der Waals surface area contributed by atoms with E-state index in [1.807, 2.05) is 18.2 Å². The second kappa shape index (κ2) is 5.33. The number of aromatic nitrogens is 2. The first-order valence-electron chi connectivity index (χ1n) is 6.57. The van der Waals surface area contributed by atoms with Crippen molar-refractivity contribution in [2.24, 2.45) is 0 Å². The maximum atomic E-state index is 10.3. The zero-order valence-electron chi connectivity index (χ0n) is 11.1. The molecule has 2 atom stereocenters. The van der Waals surface area contributed by atoms with Gasteiger partial charge in [0.2, 0.25) is 0 Å². The number of rotatable bonds is 3. The molecule has 1 fully saturated rings. The minimum Gasteiger partial charge on any atom is -0.497 e. The van der Waals surface area contributed by atoms with E-state index in [1.54, 1.807) is 13.3 Å². The van der Waals surface area contributed by atoms with Gasteiger partial charge in [0.05, 0.1) is 30.4 Å². The number of methoxy groups -OCH3 is 1. The summed E-state index contributed by atoms with van der Waals surface area (Å²) < 4.78 is 4.47. The molecule has 1 aromatic carbocycles. The molecule has 1 aromatic heterocycles. The van der Waals surface area contributed by atoms with Crippen LogP contribution in [0.3, 0.4) is 0 Å². The molecule has 0 radical (unpaired) electrons. The van der Waals surface area contributed by atoms with Crippen molar-refractivity contribution in [2.75, 3.05) is 12.4 Å². The summed E-state index contributed by atoms with van der Waals surface area (Å²) in [5, 5.41) is 13.5. The molecule has 0 spiro atoms. The maximum absolute atomic E-state index is 10.3. The van der Waals surface area contributed by atoms with Crippen LogP contribution in [0.25, 0.3) is 11.0 Å². The molecule has 0 amide bonds. The van der Waals surface area contributed by atoms with Crippen molar-refractivity contribution in [1.29, 1.82) is 0 Å². The molecular weight excluding hydrogens is 369 g/mol. The van der Waals surface area contributed by atoms with Gasteiger partial charge in [-0.15, -0.1) is 0 Å². The summed E-state index contributed by atoms with van der Waals surface area (Å²) in [7, 11) is 1.63. The molecule has 2 N–H and O–H groups in total. The summed E-state index contributed by atoms with van der Waals surface area (Å²) >= 11 is 2.11. The number of hydrogen-bond donors (Lipinski definition) is 2. The van der Waals surface area contributed by atoms with E-state index in [2.05, 4.69) is 37.9 Å². The van der Waals surface area contributed by atoms with Crippen LogP contribution >= 0.6 is 22.6 Å². The molecule has 1 aliphatic carbocycles. The number of anilines is 1. The highest BCUT2D eigenvalue weighted by Gasteiger charge is 2.38. The Balaban J connectivity index is 1.86. The van der Waals surface area contributed by atoms with Crippen molar-refractivity contribution in [2.45, 2.75) is 28.9 Å². The van der Waals surface area contributed by atoms with E-state index in [-0.39, 0.29) is 6.04 Å². The highest BCUT2D eigenvalue weighted by Crippen LogP contribution is 2.37. The monoisotopic (exact) mass is 385 g/mol. The normalized spacial score (nSPS) is 25.9. The average Bonchev–Trinajstić information content (AvgIpc) is 2.77. The van der Waals surface area contributed by atoms with Crippen molar-refractivity contribution in [1.82, 2.24) is 9.97 Å². The predicted molar refractivity (Wildman–Crippen MR) is 86.3 cm³/mol. The van der Waals surface area contributed by atoms with Crippen molar-refractivity contribution >= 4 is 39.4 Å². The number of fused-ring (bicyclic) bond motifs is 1. The Labute approximate surface area is 130 Å². The molecule has 3 rings (SSSR count). The summed E-state index contributed by atoms with van der Waals surface area (Å²) in [5.41, 5.74) is 1.61. The number of nitrogens with zero attached hydrogens (tertiary/aromatic N) is 2. The van der Waals surface area contributed by atoms with Gasteiger partial charge in [-0.05, 0) is 54.0 Å². The third kappa shape index (κ3) is 2.67. The molecule has 1 heterocycles. The minimum absolute atomic E-state index is 0.0214. The zero-order valence-corrected chi connectivity index (χ0v) is 13.3. The Kier molecular flexibility index (Phi) is 3.68. The lowest BCUT2D eigenvalue weighted by Crippen LogP contribution is -2.36. The minimum atomic E-state index is -0.700. The largest absolute Gasteiger partial charge is 0.497 e. The lowest BCUT2D eigenvalue weighted by atomic mass is 10.2. The van der Waals surface area contributed by atoms with Crippen molar-refractivity contribution in [3.05, 3.63) is 24.4 Å². The van der Waals surface area contributed by atoms with Crippen LogP contribution in [0.1, 0.15) is 19.3 Å². The van der Waals surface area contributed by atoms with Gasteiger partial charge in [-0.1, -0.05) is 0 Å². The van der Waals surface area contributed by atoms with Crippen molar-refractivity contribution in [3.8, 4) is 5.75 Å². The second-order valence-corrected chi connectivity index (χ2v) is 6.89. The van der Waals surface area contributed by atoms with E-state index in [1.165, 1.54) is 0 Å². The van der Waals surface area contributed by atoms with E-state index in [0.717, 1.165) is 36.0 Å². The topological polar surface area (TPSA) is 67.3 Å². The molecule has 0 saturated heterocycles. The Morgan fingerprint density at radius 1 is 1.45 bits per heavy atom. The number of halogens is 1. The van der Waals surface area contributed by atoms with Gasteiger partial charge in [0, 0.05) is 6.07 Å². The third-order valence-corrected chi connectivity index (χ3v) is 4.92. The Morgan fingerprint density at radius 2 is 2.30 bits per heavy atom. The highest BCUT2D eigenvalue weighted by molar-refractivity contribution is 14.1. The molecule has 1 aliphatic rings. The van der Waals surface area contributed by atoms with Crippen LogP contribution in [-0.4, -0.2) is 31.8 Å². The molecule has 1 saturated carbocycles.